The first kappa shape index (κ1) is 10.8. The number of aromatic nitrogens is 2. The molecule has 1 rings (SSSR count). The predicted molar refractivity (Wildman–Crippen MR) is 57.8 cm³/mol. The Balaban J connectivity index is 3.01. The van der Waals surface area contributed by atoms with Crippen LogP contribution in [0.15, 0.2) is 11.0 Å². The molecule has 0 aliphatic heterocycles. The van der Waals surface area contributed by atoms with E-state index in [2.05, 4.69) is 9.97 Å². The lowest BCUT2D eigenvalue weighted by Gasteiger charge is -2.18. The Morgan fingerprint density at radius 2 is 2.00 bits per heavy atom. The maximum Gasteiger partial charge on any atom is 0.255 e. The lowest BCUT2D eigenvalue weighted by atomic mass is 10.3. The van der Waals surface area contributed by atoms with E-state index in [1.54, 1.807) is 6.20 Å². The molecule has 0 aromatic carbocycles. The molecule has 0 fully saturated rings. The van der Waals surface area contributed by atoms with Gasteiger partial charge in [0.1, 0.15) is 0 Å². The summed E-state index contributed by atoms with van der Waals surface area (Å²) >= 11 is 0. The van der Waals surface area contributed by atoms with Crippen LogP contribution in [-0.2, 0) is 6.42 Å². The fraction of sp³-hybridized carbons (Fsp3) is 0.600. The van der Waals surface area contributed by atoms with E-state index in [-0.39, 0.29) is 5.56 Å². The van der Waals surface area contributed by atoms with E-state index in [1.165, 1.54) is 0 Å². The molecule has 1 aromatic rings. The Hall–Kier alpha value is -1.32. The number of rotatable bonds is 4. The van der Waals surface area contributed by atoms with Gasteiger partial charge in [-0.25, -0.2) is 4.98 Å². The second kappa shape index (κ2) is 4.79. The highest BCUT2D eigenvalue weighted by Gasteiger charge is 2.05. The standard InChI is InChI=1S/C10H17N3O/c1-4-8-7-11-10(12-9(8)14)13(5-2)6-3/h7H,4-6H2,1-3H3,(H,11,12,14). The van der Waals surface area contributed by atoms with Crippen molar-refractivity contribution >= 4 is 5.95 Å². The quantitative estimate of drug-likeness (QED) is 0.784. The van der Waals surface area contributed by atoms with Crippen molar-refractivity contribution in [3.8, 4) is 0 Å². The van der Waals surface area contributed by atoms with Crippen LogP contribution in [0.1, 0.15) is 26.3 Å². The molecule has 1 aromatic heterocycles. The first-order valence-corrected chi connectivity index (χ1v) is 5.06. The minimum Gasteiger partial charge on any atom is -0.343 e. The third-order valence-corrected chi connectivity index (χ3v) is 2.30. The van der Waals surface area contributed by atoms with Gasteiger partial charge >= 0.3 is 0 Å². The van der Waals surface area contributed by atoms with E-state index < -0.39 is 0 Å². The van der Waals surface area contributed by atoms with Crippen molar-refractivity contribution in [1.29, 1.82) is 0 Å². The average molecular weight is 195 g/mol. The summed E-state index contributed by atoms with van der Waals surface area (Å²) in [5, 5.41) is 0. The average Bonchev–Trinajstić information content (AvgIpc) is 2.20. The molecule has 0 saturated heterocycles. The zero-order valence-electron chi connectivity index (χ0n) is 9.00. The highest BCUT2D eigenvalue weighted by molar-refractivity contribution is 5.29. The molecule has 0 saturated carbocycles. The van der Waals surface area contributed by atoms with Crippen molar-refractivity contribution in [3.63, 3.8) is 0 Å². The van der Waals surface area contributed by atoms with Gasteiger partial charge < -0.3 is 4.90 Å². The number of hydrogen-bond acceptors (Lipinski definition) is 3. The van der Waals surface area contributed by atoms with E-state index in [0.29, 0.717) is 5.95 Å². The Morgan fingerprint density at radius 3 is 2.43 bits per heavy atom. The first-order chi connectivity index (χ1) is 6.72. The van der Waals surface area contributed by atoms with Crippen LogP contribution in [0.4, 0.5) is 5.95 Å². The largest absolute Gasteiger partial charge is 0.343 e. The second-order valence-corrected chi connectivity index (χ2v) is 3.09. The van der Waals surface area contributed by atoms with Gasteiger partial charge in [0.2, 0.25) is 5.95 Å². The van der Waals surface area contributed by atoms with Crippen LogP contribution in [0.3, 0.4) is 0 Å². The Labute approximate surface area is 84.0 Å². The van der Waals surface area contributed by atoms with Crippen LogP contribution in [0.2, 0.25) is 0 Å². The van der Waals surface area contributed by atoms with E-state index in [1.807, 2.05) is 25.7 Å². The summed E-state index contributed by atoms with van der Waals surface area (Å²) in [7, 11) is 0. The fourth-order valence-electron chi connectivity index (χ4n) is 1.35. The number of nitrogens with one attached hydrogen (secondary N) is 1. The predicted octanol–water partition coefficient (Wildman–Crippen LogP) is 1.18. The molecule has 1 heterocycles. The lowest BCUT2D eigenvalue weighted by Crippen LogP contribution is -2.27. The minimum absolute atomic E-state index is 0.0237. The maximum absolute atomic E-state index is 11.5. The molecular weight excluding hydrogens is 178 g/mol. The van der Waals surface area contributed by atoms with Crippen LogP contribution < -0.4 is 10.5 Å². The first-order valence-electron chi connectivity index (χ1n) is 5.06. The van der Waals surface area contributed by atoms with Gasteiger partial charge in [-0.3, -0.25) is 9.78 Å². The molecule has 14 heavy (non-hydrogen) atoms. The highest BCUT2D eigenvalue weighted by atomic mass is 16.1. The van der Waals surface area contributed by atoms with Crippen LogP contribution in [-0.4, -0.2) is 23.1 Å². The number of anilines is 1. The van der Waals surface area contributed by atoms with Crippen molar-refractivity contribution in [1.82, 2.24) is 9.97 Å². The van der Waals surface area contributed by atoms with Gasteiger partial charge in [0.25, 0.3) is 5.56 Å². The third kappa shape index (κ3) is 2.13. The Bertz CT molecular complexity index is 341. The summed E-state index contributed by atoms with van der Waals surface area (Å²) in [6.45, 7) is 7.73. The molecule has 0 aliphatic carbocycles. The molecule has 4 heteroatoms. The lowest BCUT2D eigenvalue weighted by molar-refractivity contribution is 0.810. The van der Waals surface area contributed by atoms with E-state index >= 15 is 0 Å². The number of aryl methyl sites for hydroxylation is 1. The fourth-order valence-corrected chi connectivity index (χ4v) is 1.35. The molecule has 0 unspecified atom stereocenters. The summed E-state index contributed by atoms with van der Waals surface area (Å²) in [6.07, 6.45) is 2.38. The van der Waals surface area contributed by atoms with Gasteiger partial charge in [0, 0.05) is 24.8 Å². The van der Waals surface area contributed by atoms with Gasteiger partial charge in [-0.15, -0.1) is 0 Å². The zero-order chi connectivity index (χ0) is 10.6. The molecule has 78 valence electrons. The van der Waals surface area contributed by atoms with Gasteiger partial charge in [-0.2, -0.15) is 0 Å². The van der Waals surface area contributed by atoms with E-state index in [9.17, 15) is 4.79 Å². The maximum atomic E-state index is 11.5. The van der Waals surface area contributed by atoms with Crippen molar-refractivity contribution in [3.05, 3.63) is 22.1 Å². The molecule has 0 radical (unpaired) electrons. The Kier molecular flexibility index (Phi) is 3.68. The highest BCUT2D eigenvalue weighted by Crippen LogP contribution is 2.03. The van der Waals surface area contributed by atoms with E-state index in [4.69, 9.17) is 0 Å². The van der Waals surface area contributed by atoms with Crippen LogP contribution in [0.5, 0.6) is 0 Å². The number of H-pyrrole nitrogens is 1. The smallest absolute Gasteiger partial charge is 0.255 e. The van der Waals surface area contributed by atoms with Crippen molar-refractivity contribution in [2.75, 3.05) is 18.0 Å². The summed E-state index contributed by atoms with van der Waals surface area (Å²) < 4.78 is 0. The van der Waals surface area contributed by atoms with Crippen molar-refractivity contribution in [2.45, 2.75) is 27.2 Å². The third-order valence-electron chi connectivity index (χ3n) is 2.30. The topological polar surface area (TPSA) is 49.0 Å². The van der Waals surface area contributed by atoms with Crippen molar-refractivity contribution in [2.24, 2.45) is 0 Å². The summed E-state index contributed by atoms with van der Waals surface area (Å²) in [5.74, 6) is 0.664. The van der Waals surface area contributed by atoms with Gasteiger partial charge in [0.15, 0.2) is 0 Å². The number of hydrogen-bond donors (Lipinski definition) is 1. The SMILES string of the molecule is CCc1cnc(N(CC)CC)[nH]c1=O. The molecule has 4 nitrogen and oxygen atoms in total. The number of nitrogens with zero attached hydrogens (tertiary/aromatic N) is 2. The molecule has 0 spiro atoms. The Morgan fingerprint density at radius 1 is 1.36 bits per heavy atom. The summed E-state index contributed by atoms with van der Waals surface area (Å²) in [5.41, 5.74) is 0.713. The van der Waals surface area contributed by atoms with Crippen LogP contribution in [0.25, 0.3) is 0 Å². The molecule has 1 N–H and O–H groups in total. The molecule has 0 bridgehead atoms. The van der Waals surface area contributed by atoms with Crippen LogP contribution >= 0.6 is 0 Å². The molecule has 0 atom stereocenters. The number of aromatic amines is 1. The van der Waals surface area contributed by atoms with Crippen molar-refractivity contribution < 1.29 is 0 Å². The van der Waals surface area contributed by atoms with Gasteiger partial charge in [0.05, 0.1) is 0 Å². The molecule has 0 aliphatic rings. The van der Waals surface area contributed by atoms with Crippen LogP contribution in [0, 0.1) is 0 Å². The van der Waals surface area contributed by atoms with Gasteiger partial charge in [-0.1, -0.05) is 6.92 Å². The second-order valence-electron chi connectivity index (χ2n) is 3.09. The zero-order valence-corrected chi connectivity index (χ0v) is 9.00. The minimum atomic E-state index is -0.0237. The summed E-state index contributed by atoms with van der Waals surface area (Å²) in [6, 6.07) is 0. The van der Waals surface area contributed by atoms with E-state index in [0.717, 1.165) is 25.1 Å². The molecule has 0 amide bonds. The monoisotopic (exact) mass is 195 g/mol. The molecular formula is C10H17N3O. The normalized spacial score (nSPS) is 10.2. The van der Waals surface area contributed by atoms with Gasteiger partial charge in [-0.05, 0) is 20.3 Å². The summed E-state index contributed by atoms with van der Waals surface area (Å²) in [4.78, 5) is 20.5.